The molecule has 1 aromatic carbocycles. The third kappa shape index (κ3) is 2.03. The summed E-state index contributed by atoms with van der Waals surface area (Å²) in [6.07, 6.45) is 0.748. The van der Waals surface area contributed by atoms with Gasteiger partial charge in [-0.25, -0.2) is 4.39 Å². The van der Waals surface area contributed by atoms with Gasteiger partial charge in [-0.15, -0.1) is 0 Å². The van der Waals surface area contributed by atoms with Crippen LogP contribution in [0.15, 0.2) is 18.2 Å². The second-order valence-electron chi connectivity index (χ2n) is 3.90. The molecule has 1 aromatic rings. The van der Waals surface area contributed by atoms with Gasteiger partial charge in [-0.3, -0.25) is 4.79 Å². The number of benzene rings is 1. The van der Waals surface area contributed by atoms with Crippen LogP contribution in [-0.4, -0.2) is 29.9 Å². The molecule has 1 atom stereocenters. The molecular weight excluding hydrogens is 231 g/mol. The van der Waals surface area contributed by atoms with Crippen molar-refractivity contribution in [3.05, 3.63) is 34.6 Å². The van der Waals surface area contributed by atoms with Gasteiger partial charge in [-0.05, 0) is 18.6 Å². The Hall–Kier alpha value is -1.13. The van der Waals surface area contributed by atoms with Crippen molar-refractivity contribution in [1.82, 2.24) is 4.90 Å². The number of halogens is 2. The Balaban J connectivity index is 2.27. The van der Waals surface area contributed by atoms with Crippen molar-refractivity contribution in [2.75, 3.05) is 13.1 Å². The fourth-order valence-corrected chi connectivity index (χ4v) is 2.08. The standard InChI is InChI=1S/C11H12ClFN2O/c12-8-2-1-3-9(13)10(8)11(16)15-5-4-7(14)6-15/h1-3,7H,4-6,14H2/t7-/m0/s1. The summed E-state index contributed by atoms with van der Waals surface area (Å²) < 4.78 is 13.5. The Morgan fingerprint density at radius 2 is 2.31 bits per heavy atom. The summed E-state index contributed by atoms with van der Waals surface area (Å²) in [6, 6.07) is 4.20. The van der Waals surface area contributed by atoms with Gasteiger partial charge in [0.05, 0.1) is 10.6 Å². The van der Waals surface area contributed by atoms with E-state index in [1.54, 1.807) is 0 Å². The summed E-state index contributed by atoms with van der Waals surface area (Å²) in [6.45, 7) is 1.02. The molecule has 0 unspecified atom stereocenters. The van der Waals surface area contributed by atoms with Crippen molar-refractivity contribution in [3.8, 4) is 0 Å². The second-order valence-corrected chi connectivity index (χ2v) is 4.30. The first-order valence-corrected chi connectivity index (χ1v) is 5.46. The van der Waals surface area contributed by atoms with Crippen LogP contribution in [0.1, 0.15) is 16.8 Å². The molecule has 16 heavy (non-hydrogen) atoms. The molecule has 2 N–H and O–H groups in total. The van der Waals surface area contributed by atoms with Crippen LogP contribution in [0.3, 0.4) is 0 Å². The molecule has 0 bridgehead atoms. The van der Waals surface area contributed by atoms with E-state index in [0.717, 1.165) is 6.42 Å². The van der Waals surface area contributed by atoms with Crippen molar-refractivity contribution in [1.29, 1.82) is 0 Å². The Labute approximate surface area is 98.0 Å². The smallest absolute Gasteiger partial charge is 0.258 e. The van der Waals surface area contributed by atoms with E-state index in [1.165, 1.54) is 23.1 Å². The predicted octanol–water partition coefficient (Wildman–Crippen LogP) is 1.65. The summed E-state index contributed by atoms with van der Waals surface area (Å²) in [5, 5.41) is 0.144. The van der Waals surface area contributed by atoms with Crippen LogP contribution in [0.4, 0.5) is 4.39 Å². The van der Waals surface area contributed by atoms with E-state index < -0.39 is 5.82 Å². The highest BCUT2D eigenvalue weighted by atomic mass is 35.5. The van der Waals surface area contributed by atoms with Gasteiger partial charge in [0, 0.05) is 19.1 Å². The van der Waals surface area contributed by atoms with E-state index in [1.807, 2.05) is 0 Å². The Bertz CT molecular complexity index is 404. The van der Waals surface area contributed by atoms with E-state index in [-0.39, 0.29) is 22.5 Å². The molecule has 1 fully saturated rings. The zero-order chi connectivity index (χ0) is 11.7. The molecule has 86 valence electrons. The molecule has 0 aliphatic carbocycles. The van der Waals surface area contributed by atoms with Gasteiger partial charge < -0.3 is 10.6 Å². The molecule has 0 spiro atoms. The first kappa shape index (κ1) is 11.4. The summed E-state index contributed by atoms with van der Waals surface area (Å²) in [7, 11) is 0. The minimum absolute atomic E-state index is 0.0190. The molecule has 1 amide bonds. The number of amides is 1. The zero-order valence-electron chi connectivity index (χ0n) is 8.62. The molecule has 1 heterocycles. The van der Waals surface area contributed by atoms with Crippen LogP contribution in [0.5, 0.6) is 0 Å². The van der Waals surface area contributed by atoms with Gasteiger partial charge in [-0.1, -0.05) is 17.7 Å². The fraction of sp³-hybridized carbons (Fsp3) is 0.364. The van der Waals surface area contributed by atoms with Crippen molar-refractivity contribution < 1.29 is 9.18 Å². The molecule has 0 radical (unpaired) electrons. The highest BCUT2D eigenvalue weighted by Gasteiger charge is 2.27. The molecule has 1 aliphatic heterocycles. The first-order chi connectivity index (χ1) is 7.59. The molecule has 1 saturated heterocycles. The topological polar surface area (TPSA) is 46.3 Å². The maximum absolute atomic E-state index is 13.5. The lowest BCUT2D eigenvalue weighted by Crippen LogP contribution is -2.32. The first-order valence-electron chi connectivity index (χ1n) is 5.08. The number of likely N-dealkylation sites (tertiary alicyclic amines) is 1. The van der Waals surface area contributed by atoms with Gasteiger partial charge in [0.2, 0.25) is 0 Å². The fourth-order valence-electron chi connectivity index (χ4n) is 1.83. The van der Waals surface area contributed by atoms with Gasteiger partial charge in [0.25, 0.3) is 5.91 Å². The highest BCUT2D eigenvalue weighted by molar-refractivity contribution is 6.33. The van der Waals surface area contributed by atoms with Gasteiger partial charge in [-0.2, -0.15) is 0 Å². The predicted molar refractivity (Wildman–Crippen MR) is 59.9 cm³/mol. The average Bonchev–Trinajstić information content (AvgIpc) is 2.64. The third-order valence-electron chi connectivity index (χ3n) is 2.69. The Kier molecular flexibility index (Phi) is 3.12. The second kappa shape index (κ2) is 4.39. The number of hydrogen-bond donors (Lipinski definition) is 1. The van der Waals surface area contributed by atoms with Crippen LogP contribution in [0.25, 0.3) is 0 Å². The molecule has 0 saturated carbocycles. The van der Waals surface area contributed by atoms with E-state index in [4.69, 9.17) is 17.3 Å². The molecule has 5 heteroatoms. The number of hydrogen-bond acceptors (Lipinski definition) is 2. The number of rotatable bonds is 1. The number of nitrogens with zero attached hydrogens (tertiary/aromatic N) is 1. The molecule has 0 aromatic heterocycles. The van der Waals surface area contributed by atoms with E-state index >= 15 is 0 Å². The average molecular weight is 243 g/mol. The molecule has 3 nitrogen and oxygen atoms in total. The summed E-state index contributed by atoms with van der Waals surface area (Å²) in [5.41, 5.74) is 5.64. The van der Waals surface area contributed by atoms with Gasteiger partial charge in [0.1, 0.15) is 5.82 Å². The molecular formula is C11H12ClFN2O. The number of nitrogens with two attached hydrogens (primary N) is 1. The lowest BCUT2D eigenvalue weighted by Gasteiger charge is -2.16. The van der Waals surface area contributed by atoms with Gasteiger partial charge in [0.15, 0.2) is 0 Å². The van der Waals surface area contributed by atoms with Crippen molar-refractivity contribution in [3.63, 3.8) is 0 Å². The number of carbonyl (C=O) groups is 1. The summed E-state index contributed by atoms with van der Waals surface area (Å²) >= 11 is 5.82. The maximum Gasteiger partial charge on any atom is 0.258 e. The van der Waals surface area contributed by atoms with Crippen LogP contribution in [0, 0.1) is 5.82 Å². The lowest BCUT2D eigenvalue weighted by atomic mass is 10.2. The molecule has 1 aliphatic rings. The maximum atomic E-state index is 13.5. The minimum atomic E-state index is -0.585. The van der Waals surface area contributed by atoms with Crippen molar-refractivity contribution in [2.24, 2.45) is 5.73 Å². The van der Waals surface area contributed by atoms with Crippen LogP contribution < -0.4 is 5.73 Å². The normalized spacial score (nSPS) is 20.2. The molecule has 2 rings (SSSR count). The highest BCUT2D eigenvalue weighted by Crippen LogP contribution is 2.22. The zero-order valence-corrected chi connectivity index (χ0v) is 9.38. The number of carbonyl (C=O) groups excluding carboxylic acids is 1. The summed E-state index contributed by atoms with van der Waals surface area (Å²) in [5.74, 6) is -0.964. The SMILES string of the molecule is N[C@H]1CCN(C(=O)c2c(F)cccc2Cl)C1. The van der Waals surface area contributed by atoms with Crippen molar-refractivity contribution >= 4 is 17.5 Å². The quantitative estimate of drug-likeness (QED) is 0.814. The van der Waals surface area contributed by atoms with Crippen LogP contribution in [0.2, 0.25) is 5.02 Å². The van der Waals surface area contributed by atoms with E-state index in [0.29, 0.717) is 13.1 Å². The Morgan fingerprint density at radius 1 is 1.56 bits per heavy atom. The monoisotopic (exact) mass is 242 g/mol. The summed E-state index contributed by atoms with van der Waals surface area (Å²) in [4.78, 5) is 13.5. The van der Waals surface area contributed by atoms with Gasteiger partial charge >= 0.3 is 0 Å². The third-order valence-corrected chi connectivity index (χ3v) is 3.00. The van der Waals surface area contributed by atoms with Crippen LogP contribution in [-0.2, 0) is 0 Å². The van der Waals surface area contributed by atoms with Crippen LogP contribution >= 0.6 is 11.6 Å². The largest absolute Gasteiger partial charge is 0.337 e. The minimum Gasteiger partial charge on any atom is -0.337 e. The van der Waals surface area contributed by atoms with Crippen molar-refractivity contribution in [2.45, 2.75) is 12.5 Å². The van der Waals surface area contributed by atoms with E-state index in [2.05, 4.69) is 0 Å². The Morgan fingerprint density at radius 3 is 2.88 bits per heavy atom. The van der Waals surface area contributed by atoms with E-state index in [9.17, 15) is 9.18 Å². The lowest BCUT2D eigenvalue weighted by molar-refractivity contribution is 0.0786.